The molecule has 1 aromatic carbocycles. The molecule has 0 radical (unpaired) electrons. The second-order valence-electron chi connectivity index (χ2n) is 7.00. The standard InChI is InChI=1S/C19H30N2O.ClH/c1-15(2)11-16-6-8-17(9-7-16)12-19(22)21-10-4-5-18(14-21)13-20-3;/h6-9,15,18,20H,4-5,10-14H2,1-3H3;1H. The Morgan fingerprint density at radius 2 is 1.91 bits per heavy atom. The molecule has 0 spiro atoms. The first-order valence-corrected chi connectivity index (χ1v) is 8.58. The summed E-state index contributed by atoms with van der Waals surface area (Å²) in [5.74, 6) is 1.55. The van der Waals surface area contributed by atoms with Gasteiger partial charge in [-0.2, -0.15) is 0 Å². The van der Waals surface area contributed by atoms with Gasteiger partial charge in [0.15, 0.2) is 0 Å². The fraction of sp³-hybridized carbons (Fsp3) is 0.632. The van der Waals surface area contributed by atoms with Crippen molar-refractivity contribution in [2.24, 2.45) is 11.8 Å². The predicted octanol–water partition coefficient (Wildman–Crippen LogP) is 3.31. The van der Waals surface area contributed by atoms with E-state index in [2.05, 4.69) is 43.4 Å². The van der Waals surface area contributed by atoms with Gasteiger partial charge in [-0.25, -0.2) is 0 Å². The van der Waals surface area contributed by atoms with Crippen LogP contribution in [-0.4, -0.2) is 37.5 Å². The number of hydrogen-bond acceptors (Lipinski definition) is 2. The maximum Gasteiger partial charge on any atom is 0.226 e. The fourth-order valence-corrected chi connectivity index (χ4v) is 3.30. The summed E-state index contributed by atoms with van der Waals surface area (Å²) < 4.78 is 0. The van der Waals surface area contributed by atoms with Crippen molar-refractivity contribution in [3.8, 4) is 0 Å². The molecule has 130 valence electrons. The van der Waals surface area contributed by atoms with Crippen LogP contribution in [0.1, 0.15) is 37.8 Å². The SMILES string of the molecule is CNCC1CCCN(C(=O)Cc2ccc(CC(C)C)cc2)C1.Cl. The third kappa shape index (κ3) is 6.52. The van der Waals surface area contributed by atoms with E-state index >= 15 is 0 Å². The molecule has 1 aliphatic rings. The maximum atomic E-state index is 12.5. The van der Waals surface area contributed by atoms with E-state index in [4.69, 9.17) is 0 Å². The Hall–Kier alpha value is -1.06. The number of carbonyl (C=O) groups excluding carboxylic acids is 1. The van der Waals surface area contributed by atoms with Crippen molar-refractivity contribution < 1.29 is 4.79 Å². The van der Waals surface area contributed by atoms with Crippen LogP contribution in [0.2, 0.25) is 0 Å². The van der Waals surface area contributed by atoms with Crippen molar-refractivity contribution in [1.82, 2.24) is 10.2 Å². The Labute approximate surface area is 147 Å². The zero-order valence-corrected chi connectivity index (χ0v) is 15.5. The molecule has 2 rings (SSSR count). The van der Waals surface area contributed by atoms with Gasteiger partial charge in [0, 0.05) is 13.1 Å². The molecule has 1 atom stereocenters. The van der Waals surface area contributed by atoms with Gasteiger partial charge in [-0.3, -0.25) is 4.79 Å². The summed E-state index contributed by atoms with van der Waals surface area (Å²) in [4.78, 5) is 14.5. The van der Waals surface area contributed by atoms with Crippen molar-refractivity contribution in [2.75, 3.05) is 26.7 Å². The molecule has 0 saturated carbocycles. The molecule has 1 aromatic rings. The minimum absolute atomic E-state index is 0. The van der Waals surface area contributed by atoms with E-state index in [0.717, 1.165) is 38.0 Å². The first kappa shape index (κ1) is 20.0. The zero-order valence-electron chi connectivity index (χ0n) is 14.7. The number of carbonyl (C=O) groups is 1. The minimum atomic E-state index is 0. The van der Waals surface area contributed by atoms with Crippen LogP contribution in [0, 0.1) is 11.8 Å². The summed E-state index contributed by atoms with van der Waals surface area (Å²) in [5.41, 5.74) is 2.49. The number of rotatable bonds is 6. The molecule has 1 aliphatic heterocycles. The van der Waals surface area contributed by atoms with Crippen LogP contribution >= 0.6 is 12.4 Å². The summed E-state index contributed by atoms with van der Waals surface area (Å²) in [6, 6.07) is 8.57. The van der Waals surface area contributed by atoms with Crippen molar-refractivity contribution in [2.45, 2.75) is 39.5 Å². The molecular weight excluding hydrogens is 308 g/mol. The maximum absolute atomic E-state index is 12.5. The van der Waals surface area contributed by atoms with Crippen molar-refractivity contribution >= 4 is 18.3 Å². The van der Waals surface area contributed by atoms with E-state index in [1.807, 2.05) is 11.9 Å². The molecule has 1 heterocycles. The van der Waals surface area contributed by atoms with Gasteiger partial charge in [-0.1, -0.05) is 38.1 Å². The number of amides is 1. The normalized spacial score (nSPS) is 17.9. The molecule has 0 aromatic heterocycles. The molecule has 3 nitrogen and oxygen atoms in total. The summed E-state index contributed by atoms with van der Waals surface area (Å²) >= 11 is 0. The van der Waals surface area contributed by atoms with Gasteiger partial charge in [0.25, 0.3) is 0 Å². The van der Waals surface area contributed by atoms with E-state index in [1.54, 1.807) is 0 Å². The number of nitrogens with zero attached hydrogens (tertiary/aromatic N) is 1. The van der Waals surface area contributed by atoms with Crippen molar-refractivity contribution in [3.05, 3.63) is 35.4 Å². The molecule has 1 unspecified atom stereocenters. The zero-order chi connectivity index (χ0) is 15.9. The van der Waals surface area contributed by atoms with E-state index in [9.17, 15) is 4.79 Å². The van der Waals surface area contributed by atoms with E-state index in [1.165, 1.54) is 12.0 Å². The molecule has 4 heteroatoms. The number of benzene rings is 1. The van der Waals surface area contributed by atoms with Crippen LogP contribution in [0.4, 0.5) is 0 Å². The Balaban J connectivity index is 0.00000264. The highest BCUT2D eigenvalue weighted by atomic mass is 35.5. The minimum Gasteiger partial charge on any atom is -0.342 e. The molecule has 23 heavy (non-hydrogen) atoms. The van der Waals surface area contributed by atoms with Gasteiger partial charge < -0.3 is 10.2 Å². The number of likely N-dealkylation sites (tertiary alicyclic amines) is 1. The number of nitrogens with one attached hydrogen (secondary N) is 1. The van der Waals surface area contributed by atoms with Gasteiger partial charge in [0.2, 0.25) is 5.91 Å². The summed E-state index contributed by atoms with van der Waals surface area (Å²) in [6.45, 7) is 7.30. The summed E-state index contributed by atoms with van der Waals surface area (Å²) in [6.07, 6.45) is 4.00. The smallest absolute Gasteiger partial charge is 0.226 e. The lowest BCUT2D eigenvalue weighted by atomic mass is 9.97. The van der Waals surface area contributed by atoms with E-state index in [0.29, 0.717) is 18.3 Å². The highest BCUT2D eigenvalue weighted by Gasteiger charge is 2.23. The first-order chi connectivity index (χ1) is 10.6. The Morgan fingerprint density at radius 3 is 2.52 bits per heavy atom. The first-order valence-electron chi connectivity index (χ1n) is 8.58. The molecule has 0 bridgehead atoms. The van der Waals surface area contributed by atoms with Crippen LogP contribution in [0.5, 0.6) is 0 Å². The average Bonchev–Trinajstić information content (AvgIpc) is 2.49. The van der Waals surface area contributed by atoms with E-state index in [-0.39, 0.29) is 18.3 Å². The lowest BCUT2D eigenvalue weighted by Crippen LogP contribution is -2.43. The fourth-order valence-electron chi connectivity index (χ4n) is 3.30. The van der Waals surface area contributed by atoms with Crippen LogP contribution in [0.15, 0.2) is 24.3 Å². The van der Waals surface area contributed by atoms with Crippen LogP contribution in [0.25, 0.3) is 0 Å². The van der Waals surface area contributed by atoms with Crippen molar-refractivity contribution in [3.63, 3.8) is 0 Å². The monoisotopic (exact) mass is 338 g/mol. The largest absolute Gasteiger partial charge is 0.342 e. The van der Waals surface area contributed by atoms with Gasteiger partial charge in [-0.05, 0) is 55.8 Å². The molecular formula is C19H31ClN2O. The van der Waals surface area contributed by atoms with Crippen molar-refractivity contribution in [1.29, 1.82) is 0 Å². The quantitative estimate of drug-likeness (QED) is 0.863. The summed E-state index contributed by atoms with van der Waals surface area (Å²) in [7, 11) is 1.99. The highest BCUT2D eigenvalue weighted by molar-refractivity contribution is 5.85. The number of piperidine rings is 1. The molecule has 1 saturated heterocycles. The molecule has 0 aliphatic carbocycles. The third-order valence-electron chi connectivity index (χ3n) is 4.39. The lowest BCUT2D eigenvalue weighted by molar-refractivity contribution is -0.132. The number of halogens is 1. The van der Waals surface area contributed by atoms with Crippen LogP contribution < -0.4 is 5.32 Å². The average molecular weight is 339 g/mol. The lowest BCUT2D eigenvalue weighted by Gasteiger charge is -2.32. The predicted molar refractivity (Wildman–Crippen MR) is 99.2 cm³/mol. The molecule has 1 amide bonds. The van der Waals surface area contributed by atoms with Crippen LogP contribution in [0.3, 0.4) is 0 Å². The summed E-state index contributed by atoms with van der Waals surface area (Å²) in [5, 5.41) is 3.23. The topological polar surface area (TPSA) is 32.3 Å². The third-order valence-corrected chi connectivity index (χ3v) is 4.39. The molecule has 1 N–H and O–H groups in total. The Kier molecular flexibility index (Phi) is 8.64. The highest BCUT2D eigenvalue weighted by Crippen LogP contribution is 2.17. The van der Waals surface area contributed by atoms with Crippen LogP contribution in [-0.2, 0) is 17.6 Å². The Morgan fingerprint density at radius 1 is 1.26 bits per heavy atom. The second-order valence-corrected chi connectivity index (χ2v) is 7.00. The Bertz CT molecular complexity index is 471. The van der Waals surface area contributed by atoms with Gasteiger partial charge in [-0.15, -0.1) is 12.4 Å². The van der Waals surface area contributed by atoms with Gasteiger partial charge in [0.1, 0.15) is 0 Å². The van der Waals surface area contributed by atoms with Gasteiger partial charge >= 0.3 is 0 Å². The van der Waals surface area contributed by atoms with E-state index < -0.39 is 0 Å². The number of hydrogen-bond donors (Lipinski definition) is 1. The second kappa shape index (κ2) is 9.94. The molecule has 1 fully saturated rings. The van der Waals surface area contributed by atoms with Gasteiger partial charge in [0.05, 0.1) is 6.42 Å².